The van der Waals surface area contributed by atoms with E-state index in [1.807, 2.05) is 6.08 Å². The van der Waals surface area contributed by atoms with Crippen LogP contribution in [0.3, 0.4) is 0 Å². The number of hydrogen-bond acceptors (Lipinski definition) is 5. The van der Waals surface area contributed by atoms with Crippen molar-refractivity contribution < 1.29 is 14.3 Å². The van der Waals surface area contributed by atoms with Crippen LogP contribution in [-0.4, -0.2) is 55.7 Å². The third kappa shape index (κ3) is 12.0. The van der Waals surface area contributed by atoms with Gasteiger partial charge in [-0.2, -0.15) is 0 Å². The van der Waals surface area contributed by atoms with Crippen molar-refractivity contribution in [2.45, 2.75) is 82.8 Å². The highest BCUT2D eigenvalue weighted by Crippen LogP contribution is 2.31. The molecule has 198 valence electrons. The van der Waals surface area contributed by atoms with E-state index in [0.29, 0.717) is 13.0 Å². The molecule has 2 aliphatic rings. The second-order valence-electron chi connectivity index (χ2n) is 9.32. The average Bonchev–Trinajstić information content (AvgIpc) is 3.33. The van der Waals surface area contributed by atoms with Crippen LogP contribution in [0.2, 0.25) is 0 Å². The fraction of sp³-hybridized carbons (Fsp3) is 0.548. The number of nitrogens with zero attached hydrogens (tertiary/aromatic N) is 2. The normalized spacial score (nSPS) is 23.0. The monoisotopic (exact) mass is 494 g/mol. The number of likely N-dealkylation sites (N-methyl/N-ethyl adjacent to an activating group) is 1. The molecular formula is C31H46N2O3. The van der Waals surface area contributed by atoms with E-state index in [1.54, 1.807) is 6.21 Å². The number of esters is 1. The first-order chi connectivity index (χ1) is 17.7. The average molecular weight is 495 g/mol. The third-order valence-electron chi connectivity index (χ3n) is 6.45. The molecule has 0 aliphatic carbocycles. The molecule has 0 aromatic carbocycles. The topological polar surface area (TPSA) is 51.1 Å². The van der Waals surface area contributed by atoms with Gasteiger partial charge in [0.25, 0.3) is 0 Å². The molecule has 2 aliphatic heterocycles. The Morgan fingerprint density at radius 2 is 1.64 bits per heavy atom. The summed E-state index contributed by atoms with van der Waals surface area (Å²) >= 11 is 0. The molecule has 5 nitrogen and oxygen atoms in total. The lowest BCUT2D eigenvalue weighted by atomic mass is 9.90. The molecule has 2 atom stereocenters. The molecule has 0 saturated carbocycles. The van der Waals surface area contributed by atoms with Crippen LogP contribution in [0.4, 0.5) is 0 Å². The van der Waals surface area contributed by atoms with E-state index >= 15 is 0 Å². The summed E-state index contributed by atoms with van der Waals surface area (Å²) < 4.78 is 11.5. The minimum absolute atomic E-state index is 0.0231. The van der Waals surface area contributed by atoms with Crippen molar-refractivity contribution in [3.05, 3.63) is 72.9 Å². The van der Waals surface area contributed by atoms with E-state index in [2.05, 4.69) is 90.7 Å². The lowest BCUT2D eigenvalue weighted by Gasteiger charge is -2.39. The second kappa shape index (κ2) is 18.7. The molecule has 0 aromatic rings. The Labute approximate surface area is 219 Å². The molecule has 5 heteroatoms. The van der Waals surface area contributed by atoms with Gasteiger partial charge in [-0.1, -0.05) is 67.7 Å². The van der Waals surface area contributed by atoms with Crippen LogP contribution < -0.4 is 0 Å². The zero-order valence-corrected chi connectivity index (χ0v) is 22.4. The van der Waals surface area contributed by atoms with E-state index < -0.39 is 5.60 Å². The molecule has 1 fully saturated rings. The molecule has 0 amide bonds. The van der Waals surface area contributed by atoms with E-state index in [4.69, 9.17) is 9.47 Å². The molecule has 2 rings (SSSR count). The summed E-state index contributed by atoms with van der Waals surface area (Å²) in [6, 6.07) is 0.264. The number of aliphatic imine (C=N–C) groups is 1. The molecule has 1 unspecified atom stereocenters. The molecular weight excluding hydrogens is 448 g/mol. The van der Waals surface area contributed by atoms with E-state index in [0.717, 1.165) is 64.3 Å². The van der Waals surface area contributed by atoms with Gasteiger partial charge in [-0.25, -0.2) is 0 Å². The molecule has 0 aromatic heterocycles. The van der Waals surface area contributed by atoms with Gasteiger partial charge in [-0.05, 0) is 83.5 Å². The zero-order valence-electron chi connectivity index (χ0n) is 22.4. The third-order valence-corrected chi connectivity index (χ3v) is 6.45. The molecule has 0 bridgehead atoms. The van der Waals surface area contributed by atoms with Crippen LogP contribution in [0.15, 0.2) is 77.9 Å². The predicted octanol–water partition coefficient (Wildman–Crippen LogP) is 6.90. The van der Waals surface area contributed by atoms with E-state index in [-0.39, 0.29) is 18.8 Å². The summed E-state index contributed by atoms with van der Waals surface area (Å²) in [7, 11) is 2.12. The minimum atomic E-state index is -0.505. The van der Waals surface area contributed by atoms with Crippen molar-refractivity contribution in [2.24, 2.45) is 4.99 Å². The molecule has 0 radical (unpaired) electrons. The molecule has 1 saturated heterocycles. The van der Waals surface area contributed by atoms with Gasteiger partial charge in [0.1, 0.15) is 5.60 Å². The number of allylic oxidation sites excluding steroid dienone is 11. The van der Waals surface area contributed by atoms with Crippen LogP contribution in [0, 0.1) is 0 Å². The number of hydrogen-bond donors (Lipinski definition) is 0. The van der Waals surface area contributed by atoms with Crippen LogP contribution in [0.5, 0.6) is 0 Å². The van der Waals surface area contributed by atoms with Crippen molar-refractivity contribution in [1.29, 1.82) is 0 Å². The van der Waals surface area contributed by atoms with Crippen molar-refractivity contribution in [3.63, 3.8) is 0 Å². The summed E-state index contributed by atoms with van der Waals surface area (Å²) in [5.74, 6) is -0.208. The number of unbranched alkanes of at least 4 members (excludes halogenated alkanes) is 1. The highest BCUT2D eigenvalue weighted by molar-refractivity contribution is 5.72. The van der Waals surface area contributed by atoms with Crippen LogP contribution in [0.1, 0.15) is 71.1 Å². The summed E-state index contributed by atoms with van der Waals surface area (Å²) in [6.07, 6.45) is 37.0. The van der Waals surface area contributed by atoms with Crippen LogP contribution in [0.25, 0.3) is 0 Å². The number of likely N-dealkylation sites (tertiary alicyclic amines) is 1. The number of dihydropyridines is 1. The second-order valence-corrected chi connectivity index (χ2v) is 9.32. The molecule has 0 N–H and O–H groups in total. The standard InChI is InChI=1S/C31H46N2O3/c1-3-4-5-6-7-8-9-10-11-12-13-14-15-16-17-18-19-23-30(34)35-28-36-31(24-21-25-32-27-31)29-22-20-26-33(29)2/h4-5,7-8,10-11,13-14,16-17,21,24-25,29H,3,6,9,12,15,18-20,22-23,26-28H2,1-2H3/b5-4-,8-7-,11-10-,14-13-,17-16-/t29-,31?/m0/s1. The lowest BCUT2D eigenvalue weighted by molar-refractivity contribution is -0.172. The summed E-state index contributed by atoms with van der Waals surface area (Å²) in [6.45, 7) is 3.76. The van der Waals surface area contributed by atoms with Crippen LogP contribution in [-0.2, 0) is 14.3 Å². The van der Waals surface area contributed by atoms with Gasteiger partial charge in [0, 0.05) is 18.7 Å². The Kier molecular flexibility index (Phi) is 15.5. The van der Waals surface area contributed by atoms with Gasteiger partial charge in [0.05, 0.1) is 6.54 Å². The highest BCUT2D eigenvalue weighted by Gasteiger charge is 2.43. The summed E-state index contributed by atoms with van der Waals surface area (Å²) in [5.41, 5.74) is -0.505. The lowest BCUT2D eigenvalue weighted by Crippen LogP contribution is -2.52. The molecule has 0 spiro atoms. The SMILES string of the molecule is CC/C=C\C/C=C\C/C=C\C/C=C\C/C=C\CCCC(=O)OCOC1([C@@H]2CCCN2C)C=CC=NC1. The Morgan fingerprint density at radius 1 is 1.00 bits per heavy atom. The largest absolute Gasteiger partial charge is 0.438 e. The number of rotatable bonds is 17. The zero-order chi connectivity index (χ0) is 25.7. The Hall–Kier alpha value is -2.50. The Morgan fingerprint density at radius 3 is 2.19 bits per heavy atom. The summed E-state index contributed by atoms with van der Waals surface area (Å²) in [4.78, 5) is 18.9. The van der Waals surface area contributed by atoms with Gasteiger partial charge >= 0.3 is 5.97 Å². The Balaban J connectivity index is 1.50. The first kappa shape index (κ1) is 29.7. The fourth-order valence-electron chi connectivity index (χ4n) is 4.46. The van der Waals surface area contributed by atoms with Crippen molar-refractivity contribution in [3.8, 4) is 0 Å². The molecule has 36 heavy (non-hydrogen) atoms. The summed E-state index contributed by atoms with van der Waals surface area (Å²) in [5, 5.41) is 0. The number of carbonyl (C=O) groups excluding carboxylic acids is 1. The minimum Gasteiger partial charge on any atom is -0.438 e. The smallest absolute Gasteiger partial charge is 0.307 e. The maximum Gasteiger partial charge on any atom is 0.307 e. The van der Waals surface area contributed by atoms with Crippen molar-refractivity contribution in [2.75, 3.05) is 26.9 Å². The van der Waals surface area contributed by atoms with Gasteiger partial charge in [0.2, 0.25) is 0 Å². The van der Waals surface area contributed by atoms with Crippen LogP contribution >= 0.6 is 0 Å². The maximum absolute atomic E-state index is 12.1. The van der Waals surface area contributed by atoms with Gasteiger partial charge < -0.3 is 14.4 Å². The quantitative estimate of drug-likeness (QED) is 0.0955. The van der Waals surface area contributed by atoms with Crippen molar-refractivity contribution >= 4 is 12.2 Å². The maximum atomic E-state index is 12.1. The van der Waals surface area contributed by atoms with E-state index in [1.165, 1.54) is 0 Å². The van der Waals surface area contributed by atoms with E-state index in [9.17, 15) is 4.79 Å². The molecule has 2 heterocycles. The highest BCUT2D eigenvalue weighted by atomic mass is 16.7. The number of ether oxygens (including phenoxy) is 2. The Bertz CT molecular complexity index is 822. The van der Waals surface area contributed by atoms with Gasteiger partial charge in [0.15, 0.2) is 6.79 Å². The first-order valence-electron chi connectivity index (χ1n) is 13.6. The first-order valence-corrected chi connectivity index (χ1v) is 13.6. The number of carbonyl (C=O) groups is 1. The van der Waals surface area contributed by atoms with Gasteiger partial charge in [-0.3, -0.25) is 9.79 Å². The predicted molar refractivity (Wildman–Crippen MR) is 151 cm³/mol. The van der Waals surface area contributed by atoms with Gasteiger partial charge in [-0.15, -0.1) is 0 Å². The van der Waals surface area contributed by atoms with Crippen molar-refractivity contribution in [1.82, 2.24) is 4.90 Å². The fourth-order valence-corrected chi connectivity index (χ4v) is 4.46.